The highest BCUT2D eigenvalue weighted by Crippen LogP contribution is 2.29. The fraction of sp³-hybridized carbons (Fsp3) is 0.350. The average Bonchev–Trinajstić information content (AvgIpc) is 2.99. The number of carbonyl (C=O) groups excluding carboxylic acids is 3. The Morgan fingerprint density at radius 3 is 2.41 bits per heavy atom. The van der Waals surface area contributed by atoms with Crippen LogP contribution in [0.1, 0.15) is 38.5 Å². The Kier molecular flexibility index (Phi) is 7.28. The van der Waals surface area contributed by atoms with Gasteiger partial charge < -0.3 is 24.5 Å². The van der Waals surface area contributed by atoms with Gasteiger partial charge in [-0.25, -0.2) is 4.79 Å². The number of ether oxygens (including phenoxy) is 3. The smallest absolute Gasteiger partial charge is 0.342 e. The molecule has 0 unspecified atom stereocenters. The lowest BCUT2D eigenvalue weighted by atomic mass is 10.1. The van der Waals surface area contributed by atoms with Crippen molar-refractivity contribution >= 4 is 35.0 Å². The number of esters is 2. The SMILES string of the molecule is COC(=O)CCn1c(C)cc(C(=O)COC(=O)c2cc(Cl)c(N)cc2OC)c1C. The number of anilines is 1. The molecule has 29 heavy (non-hydrogen) atoms. The molecule has 0 amide bonds. The summed E-state index contributed by atoms with van der Waals surface area (Å²) in [5, 5.41) is 0.179. The first-order valence-corrected chi connectivity index (χ1v) is 9.14. The summed E-state index contributed by atoms with van der Waals surface area (Å²) in [4.78, 5) is 36.3. The number of hydrogen-bond acceptors (Lipinski definition) is 7. The van der Waals surface area contributed by atoms with Crippen molar-refractivity contribution in [2.24, 2.45) is 0 Å². The van der Waals surface area contributed by atoms with Crippen molar-refractivity contribution in [2.45, 2.75) is 26.8 Å². The van der Waals surface area contributed by atoms with Crippen LogP contribution in [0.15, 0.2) is 18.2 Å². The number of nitrogens with two attached hydrogens (primary N) is 1. The Morgan fingerprint density at radius 2 is 1.79 bits per heavy atom. The summed E-state index contributed by atoms with van der Waals surface area (Å²) in [6, 6.07) is 4.44. The van der Waals surface area contributed by atoms with Crippen LogP contribution in [0.4, 0.5) is 5.69 Å². The van der Waals surface area contributed by atoms with E-state index >= 15 is 0 Å². The highest BCUT2D eigenvalue weighted by atomic mass is 35.5. The third-order valence-corrected chi connectivity index (χ3v) is 4.84. The molecule has 2 rings (SSSR count). The van der Waals surface area contributed by atoms with Gasteiger partial charge in [-0.1, -0.05) is 11.6 Å². The molecule has 0 atom stereocenters. The molecule has 0 aliphatic heterocycles. The molecule has 0 aliphatic carbocycles. The lowest BCUT2D eigenvalue weighted by Crippen LogP contribution is -2.16. The van der Waals surface area contributed by atoms with E-state index in [1.807, 2.05) is 11.5 Å². The molecule has 0 spiro atoms. The van der Waals surface area contributed by atoms with Gasteiger partial charge in [0.15, 0.2) is 6.61 Å². The minimum absolute atomic E-state index is 0.0723. The molecular weight excluding hydrogens is 400 g/mol. The lowest BCUT2D eigenvalue weighted by Gasteiger charge is -2.11. The number of methoxy groups -OCH3 is 2. The van der Waals surface area contributed by atoms with Crippen molar-refractivity contribution < 1.29 is 28.6 Å². The number of ketones is 1. The van der Waals surface area contributed by atoms with E-state index in [1.54, 1.807) is 13.0 Å². The largest absolute Gasteiger partial charge is 0.496 e. The molecule has 0 radical (unpaired) electrons. The second-order valence-corrected chi connectivity index (χ2v) is 6.74. The Labute approximate surface area is 173 Å². The van der Waals surface area contributed by atoms with Gasteiger partial charge in [0.05, 0.1) is 31.4 Å². The van der Waals surface area contributed by atoms with Crippen LogP contribution in [0.5, 0.6) is 5.75 Å². The molecule has 1 aromatic carbocycles. The number of carbonyl (C=O) groups is 3. The maximum Gasteiger partial charge on any atom is 0.342 e. The Hall–Kier alpha value is -3.00. The fourth-order valence-corrected chi connectivity index (χ4v) is 3.08. The molecule has 1 heterocycles. The van der Waals surface area contributed by atoms with Crippen LogP contribution in [0, 0.1) is 13.8 Å². The topological polar surface area (TPSA) is 110 Å². The summed E-state index contributed by atoms with van der Waals surface area (Å²) in [6.45, 7) is 3.53. The number of benzene rings is 1. The molecule has 156 valence electrons. The number of hydrogen-bond donors (Lipinski definition) is 1. The molecule has 0 aliphatic rings. The second kappa shape index (κ2) is 9.47. The van der Waals surface area contributed by atoms with Gasteiger partial charge in [0.25, 0.3) is 0 Å². The van der Waals surface area contributed by atoms with Gasteiger partial charge in [-0.2, -0.15) is 0 Å². The van der Waals surface area contributed by atoms with Crippen LogP contribution in [0.25, 0.3) is 0 Å². The summed E-state index contributed by atoms with van der Waals surface area (Å²) in [5.41, 5.74) is 7.94. The van der Waals surface area contributed by atoms with E-state index in [1.165, 1.54) is 26.4 Å². The maximum atomic E-state index is 12.6. The molecular formula is C20H23ClN2O6. The van der Waals surface area contributed by atoms with Gasteiger partial charge in [-0.05, 0) is 26.0 Å². The first-order chi connectivity index (χ1) is 13.7. The normalized spacial score (nSPS) is 10.5. The molecule has 9 heteroatoms. The molecule has 0 fully saturated rings. The molecule has 0 bridgehead atoms. The number of nitrogens with zero attached hydrogens (tertiary/aromatic N) is 1. The Balaban J connectivity index is 2.11. The molecule has 2 N–H and O–H groups in total. The van der Waals surface area contributed by atoms with Crippen molar-refractivity contribution in [1.82, 2.24) is 4.57 Å². The highest BCUT2D eigenvalue weighted by molar-refractivity contribution is 6.33. The summed E-state index contributed by atoms with van der Waals surface area (Å²) in [5.74, 6) is -1.26. The van der Waals surface area contributed by atoms with Crippen LogP contribution in [0.2, 0.25) is 5.02 Å². The van der Waals surface area contributed by atoms with E-state index in [2.05, 4.69) is 4.74 Å². The van der Waals surface area contributed by atoms with E-state index in [4.69, 9.17) is 26.8 Å². The number of aryl methyl sites for hydroxylation is 1. The van der Waals surface area contributed by atoms with Crippen molar-refractivity contribution in [2.75, 3.05) is 26.6 Å². The molecule has 1 aromatic heterocycles. The monoisotopic (exact) mass is 422 g/mol. The predicted molar refractivity (Wildman–Crippen MR) is 108 cm³/mol. The zero-order chi connectivity index (χ0) is 21.7. The number of aromatic nitrogens is 1. The van der Waals surface area contributed by atoms with Gasteiger partial charge >= 0.3 is 11.9 Å². The molecule has 0 saturated carbocycles. The molecule has 0 saturated heterocycles. The predicted octanol–water partition coefficient (Wildman–Crippen LogP) is 2.95. The third-order valence-electron chi connectivity index (χ3n) is 4.51. The van der Waals surface area contributed by atoms with Gasteiger partial charge in [-0.3, -0.25) is 9.59 Å². The Morgan fingerprint density at radius 1 is 1.10 bits per heavy atom. The number of halogens is 1. The zero-order valence-electron chi connectivity index (χ0n) is 16.7. The Bertz CT molecular complexity index is 951. The molecule has 8 nitrogen and oxygen atoms in total. The number of rotatable bonds is 8. The van der Waals surface area contributed by atoms with E-state index in [0.717, 1.165) is 5.69 Å². The second-order valence-electron chi connectivity index (χ2n) is 6.34. The summed E-state index contributed by atoms with van der Waals surface area (Å²) in [6.07, 6.45) is 0.188. The standard InChI is InChI=1S/C20H23ClN2O6/c1-11-7-13(12(2)23(11)6-5-19(25)28-4)17(24)10-29-20(26)14-8-15(21)16(22)9-18(14)27-3/h7-9H,5-6,10,22H2,1-4H3. The zero-order valence-corrected chi connectivity index (χ0v) is 17.5. The van der Waals surface area contributed by atoms with Crippen molar-refractivity contribution in [3.63, 3.8) is 0 Å². The van der Waals surface area contributed by atoms with Crippen molar-refractivity contribution in [3.8, 4) is 5.75 Å². The summed E-state index contributed by atoms with van der Waals surface area (Å²) >= 11 is 5.96. The van der Waals surface area contributed by atoms with E-state index in [9.17, 15) is 14.4 Å². The molecule has 2 aromatic rings. The minimum atomic E-state index is -0.753. The first kappa shape index (κ1) is 22.3. The van der Waals surface area contributed by atoms with Crippen LogP contribution in [-0.2, 0) is 20.8 Å². The summed E-state index contributed by atoms with van der Waals surface area (Å²) < 4.78 is 16.8. The van der Waals surface area contributed by atoms with Gasteiger partial charge in [0.1, 0.15) is 11.3 Å². The van der Waals surface area contributed by atoms with Crippen LogP contribution < -0.4 is 10.5 Å². The minimum Gasteiger partial charge on any atom is -0.496 e. The fourth-order valence-electron chi connectivity index (χ4n) is 2.92. The lowest BCUT2D eigenvalue weighted by molar-refractivity contribution is -0.140. The van der Waals surface area contributed by atoms with Gasteiger partial charge in [-0.15, -0.1) is 0 Å². The maximum absolute atomic E-state index is 12.6. The number of nitrogen functional groups attached to an aromatic ring is 1. The highest BCUT2D eigenvalue weighted by Gasteiger charge is 2.21. The van der Waals surface area contributed by atoms with Crippen LogP contribution in [0.3, 0.4) is 0 Å². The first-order valence-electron chi connectivity index (χ1n) is 8.76. The van der Waals surface area contributed by atoms with Crippen molar-refractivity contribution in [3.05, 3.63) is 45.7 Å². The average molecular weight is 423 g/mol. The summed E-state index contributed by atoms with van der Waals surface area (Å²) in [7, 11) is 2.71. The van der Waals surface area contributed by atoms with Gasteiger partial charge in [0.2, 0.25) is 5.78 Å². The van der Waals surface area contributed by atoms with E-state index in [0.29, 0.717) is 17.8 Å². The van der Waals surface area contributed by atoms with Gasteiger partial charge in [0, 0.05) is 29.6 Å². The van der Waals surface area contributed by atoms with Crippen molar-refractivity contribution in [1.29, 1.82) is 0 Å². The van der Waals surface area contributed by atoms with Crippen LogP contribution in [-0.4, -0.2) is 43.1 Å². The number of Topliss-reactive ketones (excluding diaryl/α,β-unsaturated/α-hetero) is 1. The van der Waals surface area contributed by atoms with E-state index < -0.39 is 12.6 Å². The quantitative estimate of drug-likeness (QED) is 0.395. The third kappa shape index (κ3) is 5.08. The van der Waals surface area contributed by atoms with Crippen LogP contribution >= 0.6 is 11.6 Å². The van der Waals surface area contributed by atoms with E-state index in [-0.39, 0.29) is 40.2 Å².